The number of sulfonamides is 1. The summed E-state index contributed by atoms with van der Waals surface area (Å²) in [5.41, 5.74) is 1.98. The molecule has 0 atom stereocenters. The molecule has 1 N–H and O–H groups in total. The minimum absolute atomic E-state index is 0.258. The summed E-state index contributed by atoms with van der Waals surface area (Å²) in [6.07, 6.45) is 4.42. The van der Waals surface area contributed by atoms with Gasteiger partial charge in [-0.1, -0.05) is 45.0 Å². The lowest BCUT2D eigenvalue weighted by atomic mass is 9.86. The highest BCUT2D eigenvalue weighted by atomic mass is 32.2. The SMILES string of the molecule is CC(C)(C)c1ccccc1N(CC(=O)NCc1cccnc1)S(C)(=O)=O. The van der Waals surface area contributed by atoms with Crippen LogP contribution >= 0.6 is 0 Å². The first-order chi connectivity index (χ1) is 12.1. The number of aromatic nitrogens is 1. The molecule has 0 spiro atoms. The molecule has 0 bridgehead atoms. The number of pyridine rings is 1. The molecule has 0 aliphatic carbocycles. The number of carbonyl (C=O) groups is 1. The topological polar surface area (TPSA) is 79.4 Å². The molecule has 26 heavy (non-hydrogen) atoms. The summed E-state index contributed by atoms with van der Waals surface area (Å²) in [5.74, 6) is -0.372. The molecule has 1 aromatic carbocycles. The number of anilines is 1. The summed E-state index contributed by atoms with van der Waals surface area (Å²) in [6, 6.07) is 10.9. The van der Waals surface area contributed by atoms with E-state index in [9.17, 15) is 13.2 Å². The lowest BCUT2D eigenvalue weighted by Gasteiger charge is -2.29. The first-order valence-electron chi connectivity index (χ1n) is 8.32. The summed E-state index contributed by atoms with van der Waals surface area (Å²) in [4.78, 5) is 16.4. The molecule has 2 aromatic rings. The number of nitrogens with one attached hydrogen (secondary N) is 1. The van der Waals surface area contributed by atoms with E-state index in [1.807, 2.05) is 39.0 Å². The van der Waals surface area contributed by atoms with Crippen molar-refractivity contribution in [2.75, 3.05) is 17.1 Å². The van der Waals surface area contributed by atoms with Gasteiger partial charge in [0.1, 0.15) is 6.54 Å². The molecule has 0 radical (unpaired) electrons. The van der Waals surface area contributed by atoms with E-state index in [0.717, 1.165) is 21.7 Å². The molecule has 140 valence electrons. The third kappa shape index (κ3) is 5.29. The minimum Gasteiger partial charge on any atom is -0.350 e. The van der Waals surface area contributed by atoms with Crippen molar-refractivity contribution in [2.45, 2.75) is 32.7 Å². The largest absolute Gasteiger partial charge is 0.350 e. The maximum atomic E-state index is 12.4. The molecule has 0 saturated carbocycles. The van der Waals surface area contributed by atoms with Crippen molar-refractivity contribution in [3.63, 3.8) is 0 Å². The molecule has 1 heterocycles. The fraction of sp³-hybridized carbons (Fsp3) is 0.368. The number of rotatable bonds is 6. The molecule has 1 amide bonds. The first-order valence-corrected chi connectivity index (χ1v) is 10.2. The molecule has 0 unspecified atom stereocenters. The zero-order valence-electron chi connectivity index (χ0n) is 15.6. The van der Waals surface area contributed by atoms with E-state index in [1.54, 1.807) is 30.6 Å². The Morgan fingerprint density at radius 2 is 1.85 bits per heavy atom. The molecule has 0 aliphatic rings. The number of carbonyl (C=O) groups excluding carboxylic acids is 1. The van der Waals surface area contributed by atoms with E-state index in [2.05, 4.69) is 10.3 Å². The number of hydrogen-bond acceptors (Lipinski definition) is 4. The summed E-state index contributed by atoms with van der Waals surface area (Å²) < 4.78 is 25.9. The smallest absolute Gasteiger partial charge is 0.241 e. The standard InChI is InChI=1S/C19H25N3O3S/c1-19(2,3)16-9-5-6-10-17(16)22(26(4,24)25)14-18(23)21-13-15-8-7-11-20-12-15/h5-12H,13-14H2,1-4H3,(H,21,23). The monoisotopic (exact) mass is 375 g/mol. The van der Waals surface area contributed by atoms with Crippen molar-refractivity contribution in [3.05, 3.63) is 59.9 Å². The molecule has 0 saturated heterocycles. The predicted molar refractivity (Wildman–Crippen MR) is 103 cm³/mol. The lowest BCUT2D eigenvalue weighted by molar-refractivity contribution is -0.119. The Labute approximate surface area is 155 Å². The average molecular weight is 375 g/mol. The predicted octanol–water partition coefficient (Wildman–Crippen LogP) is 2.46. The van der Waals surface area contributed by atoms with E-state index in [0.29, 0.717) is 12.2 Å². The van der Waals surface area contributed by atoms with Gasteiger partial charge in [-0.3, -0.25) is 14.1 Å². The Morgan fingerprint density at radius 3 is 2.42 bits per heavy atom. The van der Waals surface area contributed by atoms with Gasteiger partial charge in [0.15, 0.2) is 0 Å². The number of hydrogen-bond donors (Lipinski definition) is 1. The number of nitrogens with zero attached hydrogens (tertiary/aromatic N) is 2. The van der Waals surface area contributed by atoms with Crippen LogP contribution in [0.25, 0.3) is 0 Å². The molecular weight excluding hydrogens is 350 g/mol. The van der Waals surface area contributed by atoms with Crippen LogP contribution in [0.5, 0.6) is 0 Å². The zero-order chi connectivity index (χ0) is 19.4. The fourth-order valence-corrected chi connectivity index (χ4v) is 3.46. The third-order valence-corrected chi connectivity index (χ3v) is 5.01. The molecule has 1 aromatic heterocycles. The van der Waals surface area contributed by atoms with E-state index in [-0.39, 0.29) is 17.9 Å². The van der Waals surface area contributed by atoms with Crippen LogP contribution in [0.3, 0.4) is 0 Å². The van der Waals surface area contributed by atoms with E-state index >= 15 is 0 Å². The molecule has 7 heteroatoms. The fourth-order valence-electron chi connectivity index (χ4n) is 2.60. The summed E-state index contributed by atoms with van der Waals surface area (Å²) in [6.45, 7) is 6.05. The highest BCUT2D eigenvalue weighted by Crippen LogP contribution is 2.32. The Bertz CT molecular complexity index is 859. The number of benzene rings is 1. The van der Waals surface area contributed by atoms with Gasteiger partial charge in [-0.15, -0.1) is 0 Å². The van der Waals surface area contributed by atoms with Crippen LogP contribution in [0.2, 0.25) is 0 Å². The normalized spacial score (nSPS) is 11.8. The van der Waals surface area contributed by atoms with E-state index < -0.39 is 10.0 Å². The number of para-hydroxylation sites is 1. The highest BCUT2D eigenvalue weighted by molar-refractivity contribution is 7.92. The van der Waals surface area contributed by atoms with Crippen LogP contribution in [0.4, 0.5) is 5.69 Å². The van der Waals surface area contributed by atoms with Gasteiger partial charge in [0, 0.05) is 18.9 Å². The Kier molecular flexibility index (Phi) is 6.02. The Morgan fingerprint density at radius 1 is 1.15 bits per heavy atom. The average Bonchev–Trinajstić information content (AvgIpc) is 2.57. The van der Waals surface area contributed by atoms with Gasteiger partial charge in [-0.05, 0) is 28.7 Å². The van der Waals surface area contributed by atoms with Crippen molar-refractivity contribution in [1.82, 2.24) is 10.3 Å². The van der Waals surface area contributed by atoms with Crippen molar-refractivity contribution >= 4 is 21.6 Å². The third-order valence-electron chi connectivity index (χ3n) is 3.88. The Hall–Kier alpha value is -2.41. The van der Waals surface area contributed by atoms with Gasteiger partial charge < -0.3 is 5.32 Å². The van der Waals surface area contributed by atoms with Crippen LogP contribution in [-0.2, 0) is 26.8 Å². The van der Waals surface area contributed by atoms with Gasteiger partial charge in [0.25, 0.3) is 0 Å². The Balaban J connectivity index is 2.23. The molecule has 6 nitrogen and oxygen atoms in total. The van der Waals surface area contributed by atoms with Gasteiger partial charge in [0.2, 0.25) is 15.9 Å². The van der Waals surface area contributed by atoms with Crippen molar-refractivity contribution in [2.24, 2.45) is 0 Å². The quantitative estimate of drug-likeness (QED) is 0.841. The summed E-state index contributed by atoms with van der Waals surface area (Å²) >= 11 is 0. The maximum absolute atomic E-state index is 12.4. The molecule has 2 rings (SSSR count). The van der Waals surface area contributed by atoms with E-state index in [4.69, 9.17) is 0 Å². The van der Waals surface area contributed by atoms with Crippen LogP contribution in [0.15, 0.2) is 48.8 Å². The van der Waals surface area contributed by atoms with Crippen molar-refractivity contribution < 1.29 is 13.2 Å². The molecule has 0 aliphatic heterocycles. The van der Waals surface area contributed by atoms with Gasteiger partial charge in [-0.2, -0.15) is 0 Å². The van der Waals surface area contributed by atoms with E-state index in [1.165, 1.54) is 0 Å². The minimum atomic E-state index is -3.62. The molecule has 0 fully saturated rings. The van der Waals surface area contributed by atoms with Crippen molar-refractivity contribution in [1.29, 1.82) is 0 Å². The lowest BCUT2D eigenvalue weighted by Crippen LogP contribution is -2.41. The number of amides is 1. The van der Waals surface area contributed by atoms with Crippen LogP contribution in [0, 0.1) is 0 Å². The highest BCUT2D eigenvalue weighted by Gasteiger charge is 2.27. The van der Waals surface area contributed by atoms with Crippen LogP contribution in [-0.4, -0.2) is 32.1 Å². The van der Waals surface area contributed by atoms with Gasteiger partial charge in [0.05, 0.1) is 11.9 Å². The van der Waals surface area contributed by atoms with Crippen LogP contribution < -0.4 is 9.62 Å². The first kappa shape index (κ1) is 19.9. The van der Waals surface area contributed by atoms with Gasteiger partial charge >= 0.3 is 0 Å². The maximum Gasteiger partial charge on any atom is 0.241 e. The second-order valence-corrected chi connectivity index (χ2v) is 9.08. The molecular formula is C19H25N3O3S. The zero-order valence-corrected chi connectivity index (χ0v) is 16.4. The summed E-state index contributed by atoms with van der Waals surface area (Å²) in [5, 5.41) is 2.74. The van der Waals surface area contributed by atoms with Gasteiger partial charge in [-0.25, -0.2) is 8.42 Å². The van der Waals surface area contributed by atoms with Crippen LogP contribution in [0.1, 0.15) is 31.9 Å². The summed E-state index contributed by atoms with van der Waals surface area (Å²) in [7, 11) is -3.62. The van der Waals surface area contributed by atoms with Crippen molar-refractivity contribution in [3.8, 4) is 0 Å². The second-order valence-electron chi connectivity index (χ2n) is 7.17. The second kappa shape index (κ2) is 7.86.